The van der Waals surface area contributed by atoms with Gasteiger partial charge >= 0.3 is 0 Å². The van der Waals surface area contributed by atoms with E-state index in [9.17, 15) is 0 Å². The van der Waals surface area contributed by atoms with Gasteiger partial charge in [-0.15, -0.1) is 0 Å². The molecule has 4 heteroatoms. The summed E-state index contributed by atoms with van der Waals surface area (Å²) in [5, 5.41) is 3.61. The first-order valence-electron chi connectivity index (χ1n) is 16.5. The summed E-state index contributed by atoms with van der Waals surface area (Å²) < 4.78 is 2.31. The van der Waals surface area contributed by atoms with Gasteiger partial charge in [0.05, 0.1) is 5.52 Å². The van der Waals surface area contributed by atoms with Crippen molar-refractivity contribution in [1.82, 2.24) is 19.5 Å². The van der Waals surface area contributed by atoms with Gasteiger partial charge in [0.2, 0.25) is 0 Å². The topological polar surface area (TPSA) is 43.6 Å². The predicted octanol–water partition coefficient (Wildman–Crippen LogP) is 11.3. The van der Waals surface area contributed by atoms with Crippen molar-refractivity contribution in [3.05, 3.63) is 170 Å². The van der Waals surface area contributed by atoms with Crippen molar-refractivity contribution in [2.45, 2.75) is 0 Å². The third-order valence-corrected chi connectivity index (χ3v) is 9.63. The lowest BCUT2D eigenvalue weighted by Gasteiger charge is -2.12. The van der Waals surface area contributed by atoms with Crippen LogP contribution in [0.2, 0.25) is 0 Å². The van der Waals surface area contributed by atoms with Crippen molar-refractivity contribution in [3.8, 4) is 73.2 Å². The van der Waals surface area contributed by atoms with E-state index in [1.54, 1.807) is 0 Å². The molecule has 0 N–H and O–H groups in total. The first-order chi connectivity index (χ1) is 24.3. The van der Waals surface area contributed by atoms with Crippen LogP contribution in [0, 0.1) is 0 Å². The molecule has 49 heavy (non-hydrogen) atoms. The Morgan fingerprint density at radius 1 is 0.347 bits per heavy atom. The molecule has 1 aliphatic carbocycles. The molecule has 1 aliphatic rings. The van der Waals surface area contributed by atoms with Crippen LogP contribution in [0.4, 0.5) is 0 Å². The Bertz CT molecular complexity index is 2710. The molecule has 0 spiro atoms. The number of nitrogens with zero attached hydrogens (tertiary/aromatic N) is 4. The van der Waals surface area contributed by atoms with E-state index in [4.69, 9.17) is 15.0 Å². The van der Waals surface area contributed by atoms with E-state index in [1.165, 1.54) is 49.7 Å². The molecule has 2 heterocycles. The summed E-state index contributed by atoms with van der Waals surface area (Å²) in [6.07, 6.45) is 2.29. The van der Waals surface area contributed by atoms with Gasteiger partial charge in [0, 0.05) is 39.5 Å². The molecule has 228 valence electrons. The highest BCUT2D eigenvalue weighted by atomic mass is 15.0. The van der Waals surface area contributed by atoms with Crippen LogP contribution < -0.4 is 0 Å². The minimum atomic E-state index is 0.642. The average molecular weight is 625 g/mol. The third-order valence-electron chi connectivity index (χ3n) is 9.63. The molecule has 0 aliphatic heterocycles. The van der Waals surface area contributed by atoms with Gasteiger partial charge in [-0.25, -0.2) is 15.0 Å². The zero-order chi connectivity index (χ0) is 32.3. The van der Waals surface area contributed by atoms with E-state index in [0.717, 1.165) is 27.8 Å². The van der Waals surface area contributed by atoms with Gasteiger partial charge in [0.15, 0.2) is 17.5 Å². The number of hydrogen-bond donors (Lipinski definition) is 0. The Kier molecular flexibility index (Phi) is 6.15. The van der Waals surface area contributed by atoms with Gasteiger partial charge in [-0.05, 0) is 75.0 Å². The van der Waals surface area contributed by atoms with Crippen LogP contribution in [0.1, 0.15) is 0 Å². The summed E-state index contributed by atoms with van der Waals surface area (Å²) in [5.74, 6) is 1.95. The van der Waals surface area contributed by atoms with E-state index in [-0.39, 0.29) is 0 Å². The van der Waals surface area contributed by atoms with Crippen LogP contribution in [-0.4, -0.2) is 19.5 Å². The molecule has 7 aromatic carbocycles. The molecule has 0 atom stereocenters. The maximum atomic E-state index is 5.02. The summed E-state index contributed by atoms with van der Waals surface area (Å²) in [5.41, 5.74) is 12.6. The first kappa shape index (κ1) is 27.5. The summed E-state index contributed by atoms with van der Waals surface area (Å²) in [6.45, 7) is 0. The molecular weight excluding hydrogens is 597 g/mol. The van der Waals surface area contributed by atoms with Crippen LogP contribution in [0.3, 0.4) is 0 Å². The standard InChI is InChI=1S/C45H28N4/c1-2-12-30(13-3-1)43-46-44(48-45(47-43)33-22-21-29-11-4-5-14-32(29)27-33)31-23-25-34(26-24-31)49-28-40-38-18-9-7-16-36(38)35-15-6-8-17-37(35)39-19-10-20-41(49)42(39)40/h1-28H. The molecule has 0 amide bonds. The molecule has 2 aromatic heterocycles. The highest BCUT2D eigenvalue weighted by molar-refractivity contribution is 6.13. The normalized spacial score (nSPS) is 11.7. The Morgan fingerprint density at radius 2 is 0.857 bits per heavy atom. The second kappa shape index (κ2) is 11.0. The van der Waals surface area contributed by atoms with Gasteiger partial charge in [-0.1, -0.05) is 127 Å². The monoisotopic (exact) mass is 624 g/mol. The summed E-state index contributed by atoms with van der Waals surface area (Å²) in [4.78, 5) is 15.0. The van der Waals surface area contributed by atoms with Gasteiger partial charge in [-0.3, -0.25) is 0 Å². The molecule has 0 bridgehead atoms. The van der Waals surface area contributed by atoms with Crippen molar-refractivity contribution in [3.63, 3.8) is 0 Å². The van der Waals surface area contributed by atoms with Gasteiger partial charge in [-0.2, -0.15) is 0 Å². The van der Waals surface area contributed by atoms with Crippen molar-refractivity contribution >= 4 is 21.7 Å². The van der Waals surface area contributed by atoms with Gasteiger partial charge in [0.25, 0.3) is 0 Å². The van der Waals surface area contributed by atoms with E-state index in [2.05, 4.69) is 144 Å². The second-order valence-electron chi connectivity index (χ2n) is 12.5. The van der Waals surface area contributed by atoms with Gasteiger partial charge < -0.3 is 4.57 Å². The van der Waals surface area contributed by atoms with Crippen LogP contribution in [0.5, 0.6) is 0 Å². The molecule has 0 fully saturated rings. The Labute approximate surface area is 283 Å². The molecular formula is C45H28N4. The summed E-state index contributed by atoms with van der Waals surface area (Å²) in [7, 11) is 0. The Balaban J connectivity index is 1.11. The molecule has 0 saturated heterocycles. The minimum Gasteiger partial charge on any atom is -0.316 e. The predicted molar refractivity (Wildman–Crippen MR) is 200 cm³/mol. The fourth-order valence-electron chi connectivity index (χ4n) is 7.29. The van der Waals surface area contributed by atoms with Crippen LogP contribution in [-0.2, 0) is 0 Å². The fraction of sp³-hybridized carbons (Fsp3) is 0. The largest absolute Gasteiger partial charge is 0.316 e. The number of benzene rings is 7. The molecule has 10 rings (SSSR count). The lowest BCUT2D eigenvalue weighted by Crippen LogP contribution is -2.00. The Hall–Kier alpha value is -6.65. The first-order valence-corrected chi connectivity index (χ1v) is 16.5. The SMILES string of the molecule is c1ccc(-c2nc(-c3ccc(-n4cc5c6c(cccc64)-c4ccccc4-c4ccccc4-5)cc3)nc(-c3ccc4ccccc4c3)n2)cc1. The van der Waals surface area contributed by atoms with Crippen molar-refractivity contribution in [2.24, 2.45) is 0 Å². The highest BCUT2D eigenvalue weighted by Gasteiger charge is 2.23. The van der Waals surface area contributed by atoms with Crippen molar-refractivity contribution < 1.29 is 0 Å². The quantitative estimate of drug-likeness (QED) is 0.196. The molecule has 0 unspecified atom stereocenters. The lowest BCUT2D eigenvalue weighted by molar-refractivity contribution is 1.07. The van der Waals surface area contributed by atoms with Crippen LogP contribution >= 0.6 is 0 Å². The Morgan fingerprint density at radius 3 is 1.55 bits per heavy atom. The third kappa shape index (κ3) is 4.49. The maximum Gasteiger partial charge on any atom is 0.164 e. The number of rotatable bonds is 4. The van der Waals surface area contributed by atoms with Gasteiger partial charge in [0.1, 0.15) is 0 Å². The minimum absolute atomic E-state index is 0.642. The number of hydrogen-bond acceptors (Lipinski definition) is 3. The number of fused-ring (bicyclic) bond motifs is 6. The van der Waals surface area contributed by atoms with Crippen LogP contribution in [0.15, 0.2) is 170 Å². The molecule has 9 aromatic rings. The maximum absolute atomic E-state index is 5.02. The highest BCUT2D eigenvalue weighted by Crippen LogP contribution is 2.48. The molecule has 0 saturated carbocycles. The summed E-state index contributed by atoms with van der Waals surface area (Å²) >= 11 is 0. The fourth-order valence-corrected chi connectivity index (χ4v) is 7.29. The smallest absolute Gasteiger partial charge is 0.164 e. The van der Waals surface area contributed by atoms with Crippen LogP contribution in [0.25, 0.3) is 94.9 Å². The number of aromatic nitrogens is 4. The van der Waals surface area contributed by atoms with E-state index >= 15 is 0 Å². The average Bonchev–Trinajstić information content (AvgIpc) is 3.52. The zero-order valence-electron chi connectivity index (χ0n) is 26.5. The lowest BCUT2D eigenvalue weighted by atomic mass is 9.94. The van der Waals surface area contributed by atoms with Crippen molar-refractivity contribution in [1.29, 1.82) is 0 Å². The van der Waals surface area contributed by atoms with E-state index < -0.39 is 0 Å². The molecule has 0 radical (unpaired) electrons. The summed E-state index contributed by atoms with van der Waals surface area (Å²) in [6, 6.07) is 57.6. The van der Waals surface area contributed by atoms with E-state index in [0.29, 0.717) is 17.5 Å². The molecule has 4 nitrogen and oxygen atoms in total. The second-order valence-corrected chi connectivity index (χ2v) is 12.5. The zero-order valence-corrected chi connectivity index (χ0v) is 26.5. The van der Waals surface area contributed by atoms with Crippen molar-refractivity contribution in [2.75, 3.05) is 0 Å². The van der Waals surface area contributed by atoms with E-state index in [1.807, 2.05) is 30.3 Å².